The lowest BCUT2D eigenvalue weighted by atomic mass is 9.98. The molecule has 0 radical (unpaired) electrons. The summed E-state index contributed by atoms with van der Waals surface area (Å²) in [5.41, 5.74) is 0. The van der Waals surface area contributed by atoms with Crippen molar-refractivity contribution in [3.05, 3.63) is 182 Å². The minimum atomic E-state index is -1.95. The van der Waals surface area contributed by atoms with E-state index in [1.54, 1.807) is 6.08 Å². The van der Waals surface area contributed by atoms with Crippen LogP contribution in [0.15, 0.2) is 182 Å². The third-order valence-corrected chi connectivity index (χ3v) is 12.0. The van der Waals surface area contributed by atoms with Crippen LogP contribution in [0.2, 0.25) is 0 Å². The molecule has 12 heteroatoms. The molecule has 1 aliphatic heterocycles. The number of aliphatic carboxylic acids is 1. The number of aliphatic hydroxyl groups is 2. The number of carboxylic acid groups (broad SMARTS) is 1. The van der Waals surface area contributed by atoms with Gasteiger partial charge >= 0.3 is 23.9 Å². The Morgan fingerprint density at radius 2 is 0.790 bits per heavy atom. The number of rotatable bonds is 47. The average Bonchev–Trinajstić information content (AvgIpc) is 3.53. The summed E-state index contributed by atoms with van der Waals surface area (Å²) in [7, 11) is 0. The molecule has 6 atom stereocenters. The fraction of sp³-hybridized carbons (Fsp3) is 0.507. The van der Waals surface area contributed by atoms with E-state index in [0.717, 1.165) is 109 Å². The van der Waals surface area contributed by atoms with Gasteiger partial charge in [0.15, 0.2) is 24.6 Å². The Kier molecular flexibility index (Phi) is 48.9. The van der Waals surface area contributed by atoms with Crippen molar-refractivity contribution in [2.24, 2.45) is 0 Å². The molecular weight excluding hydrogens is 1020 g/mol. The molecule has 0 bridgehead atoms. The van der Waals surface area contributed by atoms with E-state index in [2.05, 4.69) is 167 Å². The SMILES string of the molecule is CC/C=C\C/C=C\C/C=C\C/C=C\C/C=C\CCCCCC(=O)OCC(COC1OC(C(=O)O)C(O)C(O)C1OC(=O)CCC/C=C\C/C=C\C/C=C\C/C=C\C/C=C\CC)OC(=O)C/C=C\C/C=C\C/C=C\C/C=C\C/C=C\CC. The maximum atomic E-state index is 13.1. The summed E-state index contributed by atoms with van der Waals surface area (Å²) in [6.45, 7) is 5.48. The standard InChI is InChI=1S/C69H100O12/c1-4-7-10-13-16-19-22-25-28-30-31-33-35-37-40-43-46-49-52-55-61(70)77-58-60(79-62(71)56-53-50-47-44-41-38-34-27-24-21-18-15-12-9-6-3)59-78-69-67(65(74)64(73)66(81-69)68(75)76)80-63(72)57-54-51-48-45-42-39-36-32-29-26-23-20-17-14-11-8-5-2/h7-12,16-21,25-29,31,33-34,36-37,39-41,44-45,48,50,53,60,64-67,69,73-74H,4-6,13-15,22-24,30,32,35,38,42-43,46-47,49,51-52,54-59H2,1-3H3,(H,75,76)/b10-7-,11-8-,12-9-,19-16-,20-17-,21-18-,28-25-,29-26-,33-31-,34-27-,39-36-,40-37-,44-41-,48-45-,53-50-. The molecule has 0 aromatic rings. The van der Waals surface area contributed by atoms with E-state index in [1.807, 2.05) is 30.4 Å². The average molecular weight is 1120 g/mol. The van der Waals surface area contributed by atoms with Gasteiger partial charge in [-0.3, -0.25) is 14.4 Å². The number of ether oxygens (including phenoxy) is 5. The van der Waals surface area contributed by atoms with Crippen molar-refractivity contribution in [1.29, 1.82) is 0 Å². The zero-order valence-electron chi connectivity index (χ0n) is 49.2. The van der Waals surface area contributed by atoms with Crippen LogP contribution in [0.25, 0.3) is 0 Å². The largest absolute Gasteiger partial charge is 0.479 e. The lowest BCUT2D eigenvalue weighted by Gasteiger charge is -2.40. The lowest BCUT2D eigenvalue weighted by molar-refractivity contribution is -0.301. The van der Waals surface area contributed by atoms with Gasteiger partial charge in [0.05, 0.1) is 13.0 Å². The van der Waals surface area contributed by atoms with Crippen molar-refractivity contribution in [3.63, 3.8) is 0 Å². The molecule has 0 saturated carbocycles. The predicted molar refractivity (Wildman–Crippen MR) is 330 cm³/mol. The van der Waals surface area contributed by atoms with Gasteiger partial charge in [-0.1, -0.05) is 209 Å². The van der Waals surface area contributed by atoms with E-state index >= 15 is 0 Å². The first-order chi connectivity index (χ1) is 39.6. The molecule has 1 heterocycles. The zero-order chi connectivity index (χ0) is 58.9. The van der Waals surface area contributed by atoms with Crippen LogP contribution in [-0.2, 0) is 42.9 Å². The van der Waals surface area contributed by atoms with Crippen LogP contribution in [0.1, 0.15) is 175 Å². The van der Waals surface area contributed by atoms with Crippen molar-refractivity contribution in [1.82, 2.24) is 0 Å². The van der Waals surface area contributed by atoms with E-state index in [0.29, 0.717) is 25.7 Å². The molecule has 0 aliphatic carbocycles. The van der Waals surface area contributed by atoms with E-state index < -0.39 is 73.9 Å². The van der Waals surface area contributed by atoms with E-state index in [4.69, 9.17) is 23.7 Å². The van der Waals surface area contributed by atoms with Crippen LogP contribution in [-0.4, -0.2) is 89.2 Å². The Balaban J connectivity index is 2.81. The van der Waals surface area contributed by atoms with Crippen LogP contribution in [0.3, 0.4) is 0 Å². The van der Waals surface area contributed by atoms with Gasteiger partial charge in [0.2, 0.25) is 0 Å². The summed E-state index contributed by atoms with van der Waals surface area (Å²) in [5, 5.41) is 31.5. The summed E-state index contributed by atoms with van der Waals surface area (Å²) < 4.78 is 28.2. The Hall–Kier alpha value is -6.18. The fourth-order valence-electron chi connectivity index (χ4n) is 7.56. The van der Waals surface area contributed by atoms with Crippen LogP contribution < -0.4 is 0 Å². The Bertz CT molecular complexity index is 2110. The van der Waals surface area contributed by atoms with Gasteiger partial charge < -0.3 is 39.0 Å². The van der Waals surface area contributed by atoms with Gasteiger partial charge in [0, 0.05) is 12.8 Å². The quantitative estimate of drug-likeness (QED) is 0.0228. The zero-order valence-corrected chi connectivity index (χ0v) is 49.2. The monoisotopic (exact) mass is 1120 g/mol. The molecule has 6 unspecified atom stereocenters. The number of carbonyl (C=O) groups excluding carboxylic acids is 3. The molecule has 12 nitrogen and oxygen atoms in total. The molecule has 448 valence electrons. The molecule has 1 rings (SSSR count). The van der Waals surface area contributed by atoms with Gasteiger partial charge in [-0.25, -0.2) is 4.79 Å². The highest BCUT2D eigenvalue weighted by Crippen LogP contribution is 2.26. The maximum absolute atomic E-state index is 13.1. The first-order valence-electron chi connectivity index (χ1n) is 29.8. The van der Waals surface area contributed by atoms with E-state index in [-0.39, 0.29) is 19.3 Å². The first-order valence-corrected chi connectivity index (χ1v) is 29.8. The van der Waals surface area contributed by atoms with Gasteiger partial charge in [0.1, 0.15) is 18.8 Å². The van der Waals surface area contributed by atoms with Crippen LogP contribution in [0.4, 0.5) is 0 Å². The van der Waals surface area contributed by atoms with Crippen molar-refractivity contribution >= 4 is 23.9 Å². The summed E-state index contributed by atoms with van der Waals surface area (Å²) in [5.74, 6) is -3.45. The number of unbranched alkanes of at least 4 members (excludes halogenated alkanes) is 4. The molecule has 3 N–H and O–H groups in total. The number of carbonyl (C=O) groups is 4. The normalized spacial score (nSPS) is 19.0. The number of esters is 3. The van der Waals surface area contributed by atoms with Crippen LogP contribution in [0, 0.1) is 0 Å². The van der Waals surface area contributed by atoms with Crippen LogP contribution >= 0.6 is 0 Å². The Labute approximate surface area is 487 Å². The highest BCUT2D eigenvalue weighted by Gasteiger charge is 2.50. The van der Waals surface area contributed by atoms with Gasteiger partial charge in [-0.15, -0.1) is 0 Å². The number of hydrogen-bond acceptors (Lipinski definition) is 11. The molecule has 0 aromatic heterocycles. The number of aliphatic hydroxyl groups excluding tert-OH is 2. The summed E-state index contributed by atoms with van der Waals surface area (Å²) in [6.07, 6.45) is 70.3. The summed E-state index contributed by atoms with van der Waals surface area (Å²) >= 11 is 0. The maximum Gasteiger partial charge on any atom is 0.335 e. The second-order valence-corrected chi connectivity index (χ2v) is 19.1. The van der Waals surface area contributed by atoms with Crippen molar-refractivity contribution in [2.75, 3.05) is 13.2 Å². The fourth-order valence-corrected chi connectivity index (χ4v) is 7.56. The third kappa shape index (κ3) is 44.2. The minimum Gasteiger partial charge on any atom is -0.479 e. The number of allylic oxidation sites excluding steroid dienone is 29. The summed E-state index contributed by atoms with van der Waals surface area (Å²) in [6, 6.07) is 0. The van der Waals surface area contributed by atoms with Crippen LogP contribution in [0.5, 0.6) is 0 Å². The van der Waals surface area contributed by atoms with E-state index in [1.165, 1.54) is 0 Å². The number of hydrogen-bond donors (Lipinski definition) is 3. The number of carboxylic acids is 1. The first kappa shape index (κ1) is 72.8. The Morgan fingerprint density at radius 3 is 1.20 bits per heavy atom. The molecule has 1 fully saturated rings. The van der Waals surface area contributed by atoms with Crippen molar-refractivity contribution in [3.8, 4) is 0 Å². The van der Waals surface area contributed by atoms with Crippen molar-refractivity contribution in [2.45, 2.75) is 212 Å². The smallest absolute Gasteiger partial charge is 0.335 e. The molecule has 0 spiro atoms. The second-order valence-electron chi connectivity index (χ2n) is 19.1. The van der Waals surface area contributed by atoms with Gasteiger partial charge in [-0.05, 0) is 128 Å². The molecule has 1 saturated heterocycles. The van der Waals surface area contributed by atoms with Gasteiger partial charge in [0.25, 0.3) is 0 Å². The summed E-state index contributed by atoms with van der Waals surface area (Å²) in [4.78, 5) is 51.1. The molecular formula is C69H100O12. The molecule has 0 aromatic carbocycles. The topological polar surface area (TPSA) is 175 Å². The van der Waals surface area contributed by atoms with E-state index in [9.17, 15) is 34.5 Å². The highest BCUT2D eigenvalue weighted by molar-refractivity contribution is 5.74. The second kappa shape index (κ2) is 54.4. The minimum absolute atomic E-state index is 0.0436. The predicted octanol–water partition coefficient (Wildman–Crippen LogP) is 15.7. The lowest BCUT2D eigenvalue weighted by Crippen LogP contribution is -2.61. The van der Waals surface area contributed by atoms with Crippen molar-refractivity contribution < 1.29 is 58.2 Å². The highest BCUT2D eigenvalue weighted by atomic mass is 16.7. The molecule has 0 amide bonds. The van der Waals surface area contributed by atoms with Gasteiger partial charge in [-0.2, -0.15) is 0 Å². The Morgan fingerprint density at radius 1 is 0.420 bits per heavy atom. The molecule has 1 aliphatic rings. The third-order valence-electron chi connectivity index (χ3n) is 12.0. The molecule has 81 heavy (non-hydrogen) atoms.